The molecule has 66 heavy (non-hydrogen) atoms. The van der Waals surface area contributed by atoms with E-state index in [0.29, 0.717) is 28.7 Å². The predicted octanol–water partition coefficient (Wildman–Crippen LogP) is 18.1. The third kappa shape index (κ3) is 21.0. The Balaban J connectivity index is 0.000000488. The van der Waals surface area contributed by atoms with Gasteiger partial charge in [-0.1, -0.05) is 184 Å². The van der Waals surface area contributed by atoms with Gasteiger partial charge in [0, 0.05) is 22.3 Å². The van der Waals surface area contributed by atoms with Crippen molar-refractivity contribution in [3.63, 3.8) is 0 Å². The Morgan fingerprint density at radius 1 is 0.273 bits per heavy atom. The molecule has 0 radical (unpaired) electrons. The van der Waals surface area contributed by atoms with Crippen LogP contribution in [-0.4, -0.2) is 50.0 Å². The molecule has 0 aliphatic carbocycles. The minimum absolute atomic E-state index is 0.322. The van der Waals surface area contributed by atoms with E-state index in [1.165, 1.54) is 0 Å². The SMILES string of the molecule is Oc1cc(C(Cl)(Cl)C(Cl)Cl)c(C(Cl)(Cl)C(Cl)Cl)c(C(Cl)(Cl)C(Cl)Cl)c1C(Cl)(Cl)C(Cl)Cl.Oc1ccccc1.Oc1ccccc1.Oc1ccccc1.Oc1ccccc1.Oc1ccccc1. The molecule has 0 unspecified atom stereocenters. The lowest BCUT2D eigenvalue weighted by molar-refractivity contribution is 0.461. The third-order valence-electron chi connectivity index (χ3n) is 7.54. The summed E-state index contributed by atoms with van der Waals surface area (Å²) in [6, 6.07) is 44.5. The van der Waals surface area contributed by atoms with Gasteiger partial charge in [-0.3, -0.25) is 0 Å². The zero-order chi connectivity index (χ0) is 50.5. The number of alkyl halides is 16. The van der Waals surface area contributed by atoms with Crippen LogP contribution in [0.3, 0.4) is 0 Å². The first-order chi connectivity index (χ1) is 30.6. The van der Waals surface area contributed by atoms with Crippen LogP contribution in [0.5, 0.6) is 34.5 Å². The smallest absolute Gasteiger partial charge is 0.176 e. The molecule has 0 aliphatic heterocycles. The Labute approximate surface area is 462 Å². The summed E-state index contributed by atoms with van der Waals surface area (Å²) in [5.74, 6) is 0.881. The Kier molecular flexibility index (Phi) is 29.0. The first-order valence-electron chi connectivity index (χ1n) is 17.9. The van der Waals surface area contributed by atoms with Gasteiger partial charge in [-0.15, -0.1) is 92.8 Å². The molecular weight excluding hydrogens is 1190 g/mol. The first kappa shape index (κ1) is 62.8. The second-order valence-electron chi connectivity index (χ2n) is 12.4. The fourth-order valence-electron chi connectivity index (χ4n) is 4.53. The molecule has 6 N–H and O–H groups in total. The molecule has 6 nitrogen and oxygen atoms in total. The Morgan fingerprint density at radius 2 is 0.470 bits per heavy atom. The van der Waals surface area contributed by atoms with Gasteiger partial charge in [0.1, 0.15) is 53.8 Å². The molecule has 6 aromatic rings. The van der Waals surface area contributed by atoms with Gasteiger partial charge in [-0.25, -0.2) is 0 Å². The van der Waals surface area contributed by atoms with Crippen molar-refractivity contribution in [2.45, 2.75) is 36.7 Å². The van der Waals surface area contributed by atoms with Gasteiger partial charge < -0.3 is 30.6 Å². The molecule has 6 aromatic carbocycles. The normalized spacial score (nSPS) is 11.3. The molecule has 0 fully saturated rings. The standard InChI is InChI=1S/C14H6Cl16O.5C6H6O/c15-7(16)11(23,24)2-1-3(31)5(13(27,28)9(19)20)6(14(29,30)10(21)22)4(2)12(25,26)8(17)18;5*7-6-4-2-1-3-5-6/h1,7-10,31H;5*1-5,7H. The molecule has 6 rings (SSSR count). The molecule has 0 aliphatic rings. The maximum absolute atomic E-state index is 10.8. The number of aromatic hydroxyl groups is 6. The van der Waals surface area contributed by atoms with E-state index in [2.05, 4.69) is 0 Å². The second kappa shape index (κ2) is 30.5. The van der Waals surface area contributed by atoms with Crippen molar-refractivity contribution >= 4 is 186 Å². The van der Waals surface area contributed by atoms with Crippen molar-refractivity contribution < 1.29 is 30.6 Å². The Hall–Kier alpha value is -1.24. The average Bonchev–Trinajstić information content (AvgIpc) is 3.25. The largest absolute Gasteiger partial charge is 0.508 e. The minimum Gasteiger partial charge on any atom is -0.508 e. The van der Waals surface area contributed by atoms with Gasteiger partial charge in [0.25, 0.3) is 0 Å². The zero-order valence-electron chi connectivity index (χ0n) is 33.1. The van der Waals surface area contributed by atoms with Crippen LogP contribution in [-0.2, 0) is 17.3 Å². The summed E-state index contributed by atoms with van der Waals surface area (Å²) in [7, 11) is 0. The number of rotatable bonds is 8. The number of phenolic OH excluding ortho intramolecular Hbond substituents is 6. The molecule has 360 valence electrons. The highest BCUT2D eigenvalue weighted by molar-refractivity contribution is 6.64. The van der Waals surface area contributed by atoms with Crippen molar-refractivity contribution in [2.24, 2.45) is 0 Å². The summed E-state index contributed by atoms with van der Waals surface area (Å²) in [5.41, 5.74) is -1.73. The van der Waals surface area contributed by atoms with Crippen LogP contribution >= 0.6 is 186 Å². The highest BCUT2D eigenvalue weighted by Crippen LogP contribution is 2.61. The highest BCUT2D eigenvalue weighted by atomic mass is 35.6. The van der Waals surface area contributed by atoms with Crippen LogP contribution in [0.4, 0.5) is 0 Å². The molecule has 0 heterocycles. The number of phenols is 6. The maximum atomic E-state index is 10.8. The van der Waals surface area contributed by atoms with Crippen molar-refractivity contribution in [1.29, 1.82) is 0 Å². The number of benzene rings is 6. The summed E-state index contributed by atoms with van der Waals surface area (Å²) < 4.78 is -9.19. The van der Waals surface area contributed by atoms with Crippen LogP contribution in [0.25, 0.3) is 0 Å². The third-order valence-corrected chi connectivity index (χ3v) is 15.2. The van der Waals surface area contributed by atoms with Crippen molar-refractivity contribution in [2.75, 3.05) is 0 Å². The molecule has 0 amide bonds. The zero-order valence-corrected chi connectivity index (χ0v) is 45.1. The van der Waals surface area contributed by atoms with E-state index >= 15 is 0 Å². The van der Waals surface area contributed by atoms with Gasteiger partial charge in [0.2, 0.25) is 0 Å². The highest BCUT2D eigenvalue weighted by Gasteiger charge is 2.54. The summed E-state index contributed by atoms with van der Waals surface area (Å²) in [4.78, 5) is -6.35. The first-order valence-corrected chi connectivity index (χ1v) is 24.4. The van der Waals surface area contributed by atoms with Crippen molar-refractivity contribution in [1.82, 2.24) is 0 Å². The van der Waals surface area contributed by atoms with Gasteiger partial charge in [-0.2, -0.15) is 0 Å². The Morgan fingerprint density at radius 3 is 0.652 bits per heavy atom. The van der Waals surface area contributed by atoms with E-state index in [1.54, 1.807) is 121 Å². The lowest BCUT2D eigenvalue weighted by Gasteiger charge is -2.39. The lowest BCUT2D eigenvalue weighted by atomic mass is 9.87. The Bertz CT molecular complexity index is 2020. The molecular formula is C44H36Cl16O6. The van der Waals surface area contributed by atoms with E-state index in [9.17, 15) is 5.11 Å². The van der Waals surface area contributed by atoms with Gasteiger partial charge in [0.15, 0.2) is 17.3 Å². The van der Waals surface area contributed by atoms with E-state index in [0.717, 1.165) is 6.07 Å². The van der Waals surface area contributed by atoms with E-state index in [4.69, 9.17) is 211 Å². The summed E-state index contributed by atoms with van der Waals surface area (Å²) in [5, 5.41) is 54.0. The summed E-state index contributed by atoms with van der Waals surface area (Å²) >= 11 is 98.7. The van der Waals surface area contributed by atoms with Crippen LogP contribution in [0.2, 0.25) is 0 Å². The van der Waals surface area contributed by atoms with Crippen LogP contribution in [0, 0.1) is 0 Å². The van der Waals surface area contributed by atoms with Crippen LogP contribution < -0.4 is 0 Å². The maximum Gasteiger partial charge on any atom is 0.176 e. The van der Waals surface area contributed by atoms with Crippen molar-refractivity contribution in [3.05, 3.63) is 180 Å². The molecule has 0 saturated carbocycles. The van der Waals surface area contributed by atoms with E-state index in [1.807, 2.05) is 30.3 Å². The number of hydrogen-bond acceptors (Lipinski definition) is 6. The van der Waals surface area contributed by atoms with E-state index < -0.39 is 59.1 Å². The molecule has 0 spiro atoms. The molecule has 22 heteroatoms. The number of para-hydroxylation sites is 5. The fraction of sp³-hybridized carbons (Fsp3) is 0.182. The number of halogens is 16. The van der Waals surface area contributed by atoms with Gasteiger partial charge in [-0.05, 0) is 66.7 Å². The lowest BCUT2D eigenvalue weighted by Crippen LogP contribution is -2.36. The average molecular weight is 1230 g/mol. The van der Waals surface area contributed by atoms with Crippen LogP contribution in [0.15, 0.2) is 158 Å². The second-order valence-corrected chi connectivity index (χ2v) is 22.4. The summed E-state index contributed by atoms with van der Waals surface area (Å²) in [6.45, 7) is 0. The summed E-state index contributed by atoms with van der Waals surface area (Å²) in [6.07, 6.45) is 0. The van der Waals surface area contributed by atoms with Gasteiger partial charge >= 0.3 is 0 Å². The topological polar surface area (TPSA) is 121 Å². The van der Waals surface area contributed by atoms with Gasteiger partial charge in [0.05, 0.1) is 0 Å². The molecule has 0 bridgehead atoms. The minimum atomic E-state index is -2.37. The quantitative estimate of drug-likeness (QED) is 0.0845. The molecule has 0 saturated heterocycles. The fourth-order valence-corrected chi connectivity index (χ4v) is 6.87. The van der Waals surface area contributed by atoms with E-state index in [-0.39, 0.29) is 5.56 Å². The molecule has 0 atom stereocenters. The van der Waals surface area contributed by atoms with Crippen molar-refractivity contribution in [3.8, 4) is 34.5 Å². The number of hydrogen-bond donors (Lipinski definition) is 6. The molecule has 0 aromatic heterocycles. The van der Waals surface area contributed by atoms with Crippen LogP contribution in [0.1, 0.15) is 22.3 Å². The monoisotopic (exact) mass is 1220 g/mol. The predicted molar refractivity (Wildman–Crippen MR) is 284 cm³/mol.